The second kappa shape index (κ2) is 10.6. The van der Waals surface area contributed by atoms with Crippen LogP contribution in [0, 0.1) is 0 Å². The first-order chi connectivity index (χ1) is 15.2. The lowest BCUT2D eigenvalue weighted by atomic mass is 9.79. The topological polar surface area (TPSA) is 160 Å². The van der Waals surface area contributed by atoms with E-state index in [9.17, 15) is 19.5 Å². The van der Waals surface area contributed by atoms with Crippen LogP contribution in [-0.2, 0) is 19.9 Å². The Morgan fingerprint density at radius 3 is 2.47 bits per heavy atom. The van der Waals surface area contributed by atoms with Gasteiger partial charge < -0.3 is 15.3 Å². The van der Waals surface area contributed by atoms with Gasteiger partial charge in [-0.3, -0.25) is 0 Å². The Hall–Kier alpha value is -3.69. The number of amides is 1. The summed E-state index contributed by atoms with van der Waals surface area (Å²) in [5.41, 5.74) is -0.556. The maximum Gasteiger partial charge on any atom is 0.426 e. The summed E-state index contributed by atoms with van der Waals surface area (Å²) in [5.74, 6) is 11.3. The number of carboxylic acids is 1. The van der Waals surface area contributed by atoms with Crippen molar-refractivity contribution in [2.45, 2.75) is 25.5 Å². The van der Waals surface area contributed by atoms with Crippen molar-refractivity contribution < 1.29 is 24.2 Å². The molecular formula is C21H22ClN5O5. The number of halogens is 1. The van der Waals surface area contributed by atoms with Gasteiger partial charge in [-0.25, -0.2) is 36.1 Å². The number of hydrogen-bond donors (Lipinski definition) is 4. The molecule has 0 aliphatic carbocycles. The molecule has 2 aromatic carbocycles. The van der Waals surface area contributed by atoms with E-state index in [0.717, 1.165) is 6.34 Å². The molecule has 1 amide bonds. The molecule has 6 N–H and O–H groups in total. The Morgan fingerprint density at radius 1 is 1.28 bits per heavy atom. The molecule has 168 valence electrons. The van der Waals surface area contributed by atoms with E-state index in [-0.39, 0.29) is 21.8 Å². The fraction of sp³-hybridized carbons (Fsp3) is 0.190. The lowest BCUT2D eigenvalue weighted by Gasteiger charge is -2.38. The highest BCUT2D eigenvalue weighted by atomic mass is 35.5. The van der Waals surface area contributed by atoms with Crippen molar-refractivity contribution in [2.75, 3.05) is 0 Å². The van der Waals surface area contributed by atoms with Crippen LogP contribution in [0.15, 0.2) is 53.5 Å². The van der Waals surface area contributed by atoms with E-state index in [1.165, 1.54) is 30.3 Å². The fourth-order valence-electron chi connectivity index (χ4n) is 3.02. The number of aliphatic carboxylic acids is 1. The van der Waals surface area contributed by atoms with Crippen LogP contribution in [0.5, 0.6) is 0 Å². The molecule has 0 heterocycles. The Labute approximate surface area is 189 Å². The number of ether oxygens (including phenoxy) is 1. The van der Waals surface area contributed by atoms with Gasteiger partial charge >= 0.3 is 12.1 Å². The highest BCUT2D eigenvalue weighted by Gasteiger charge is 2.53. The molecule has 32 heavy (non-hydrogen) atoms. The van der Waals surface area contributed by atoms with Gasteiger partial charge in [0.2, 0.25) is 5.54 Å². The van der Waals surface area contributed by atoms with Crippen molar-refractivity contribution in [2.24, 2.45) is 16.7 Å². The summed E-state index contributed by atoms with van der Waals surface area (Å²) in [6.07, 6.45) is -0.662. The minimum absolute atomic E-state index is 0.0935. The summed E-state index contributed by atoms with van der Waals surface area (Å²) >= 11 is 6.15. The van der Waals surface area contributed by atoms with Crippen molar-refractivity contribution in [3.63, 3.8) is 0 Å². The third-order valence-electron chi connectivity index (χ3n) is 4.37. The number of hydrazine groups is 2. The number of nitrogens with two attached hydrogens (primary N) is 2. The quantitative estimate of drug-likeness (QED) is 0.117. The Kier molecular flexibility index (Phi) is 8.11. The zero-order chi connectivity index (χ0) is 23.9. The highest BCUT2D eigenvalue weighted by Crippen LogP contribution is 2.42. The predicted molar refractivity (Wildman–Crippen MR) is 119 cm³/mol. The normalized spacial score (nSPS) is 12.7. The molecule has 0 aliphatic rings. The van der Waals surface area contributed by atoms with Gasteiger partial charge in [-0.05, 0) is 37.1 Å². The number of rotatable bonds is 8. The van der Waals surface area contributed by atoms with E-state index < -0.39 is 29.3 Å². The van der Waals surface area contributed by atoms with Gasteiger partial charge in [0.05, 0.1) is 22.4 Å². The van der Waals surface area contributed by atoms with Crippen LogP contribution in [0.1, 0.15) is 25.0 Å². The van der Waals surface area contributed by atoms with Gasteiger partial charge in [-0.2, -0.15) is 0 Å². The molecule has 10 nitrogen and oxygen atoms in total. The first-order valence-corrected chi connectivity index (χ1v) is 9.66. The number of nitrogens with one attached hydrogen (secondary N) is 1. The third-order valence-corrected chi connectivity index (χ3v) is 4.69. The largest absolute Gasteiger partial charge is 0.479 e. The summed E-state index contributed by atoms with van der Waals surface area (Å²) in [7, 11) is 0. The van der Waals surface area contributed by atoms with Gasteiger partial charge in [0.25, 0.3) is 0 Å². The molecule has 0 aromatic heterocycles. The number of benzene rings is 2. The molecule has 1 atom stereocenters. The van der Waals surface area contributed by atoms with E-state index in [4.69, 9.17) is 28.0 Å². The van der Waals surface area contributed by atoms with Crippen LogP contribution < -0.4 is 17.1 Å². The lowest BCUT2D eigenvalue weighted by Crippen LogP contribution is -2.59. The lowest BCUT2D eigenvalue weighted by molar-refractivity contribution is -0.147. The molecule has 2 rings (SSSR count). The van der Waals surface area contributed by atoms with Crippen molar-refractivity contribution in [3.8, 4) is 0 Å². The van der Waals surface area contributed by atoms with E-state index in [0.29, 0.717) is 5.01 Å². The Morgan fingerprint density at radius 2 is 1.94 bits per heavy atom. The fourth-order valence-corrected chi connectivity index (χ4v) is 3.19. The Balaban J connectivity index is 2.90. The van der Waals surface area contributed by atoms with Crippen molar-refractivity contribution >= 4 is 47.2 Å². The number of nitrogens with zero attached hydrogens (tertiary/aromatic N) is 2. The first-order valence-electron chi connectivity index (χ1n) is 9.28. The number of carboxylic acid groups (broad SMARTS) is 1. The maximum absolute atomic E-state index is 12.8. The van der Waals surface area contributed by atoms with Gasteiger partial charge in [0, 0.05) is 0 Å². The van der Waals surface area contributed by atoms with Gasteiger partial charge in [0.1, 0.15) is 12.3 Å². The van der Waals surface area contributed by atoms with E-state index in [1.807, 2.05) is 0 Å². The second-order valence-electron chi connectivity index (χ2n) is 6.75. The summed E-state index contributed by atoms with van der Waals surface area (Å²) in [4.78, 5) is 41.7. The molecule has 0 saturated carbocycles. The zero-order valence-corrected chi connectivity index (χ0v) is 18.0. The smallest absolute Gasteiger partial charge is 0.426 e. The van der Waals surface area contributed by atoms with Crippen molar-refractivity contribution in [1.82, 2.24) is 10.4 Å². The Bertz CT molecular complexity index is 1070. The number of carbonyl (C=O) groups excluding carboxylic acids is 2. The van der Waals surface area contributed by atoms with E-state index in [1.54, 1.807) is 38.0 Å². The maximum atomic E-state index is 12.8. The SMILES string of the molecule is CC(C)OC(=O)N(N)[C@](C(=O)O)(C(=C=O)c1ccccc1)c1ccc(Cl)c(N=CNN)c1. The predicted octanol–water partition coefficient (Wildman–Crippen LogP) is 2.38. The van der Waals surface area contributed by atoms with Crippen LogP contribution in [-0.4, -0.2) is 40.6 Å². The second-order valence-corrected chi connectivity index (χ2v) is 7.16. The molecular weight excluding hydrogens is 438 g/mol. The minimum Gasteiger partial charge on any atom is -0.479 e. The molecule has 0 radical (unpaired) electrons. The molecule has 0 saturated heterocycles. The summed E-state index contributed by atoms with van der Waals surface area (Å²) in [5, 5.41) is 10.9. The number of hydrogen-bond acceptors (Lipinski definition) is 7. The molecule has 0 unspecified atom stereocenters. The molecule has 0 fully saturated rings. The molecule has 2 aromatic rings. The highest BCUT2D eigenvalue weighted by molar-refractivity contribution is 6.33. The number of carbonyl (C=O) groups is 2. The molecule has 0 spiro atoms. The van der Waals surface area contributed by atoms with Crippen molar-refractivity contribution in [3.05, 3.63) is 64.7 Å². The van der Waals surface area contributed by atoms with E-state index in [2.05, 4.69) is 10.4 Å². The molecule has 0 bridgehead atoms. The molecule has 0 aliphatic heterocycles. The number of aliphatic imine (C=N–C) groups is 1. The third kappa shape index (κ3) is 4.79. The average molecular weight is 460 g/mol. The van der Waals surface area contributed by atoms with Crippen LogP contribution in [0.25, 0.3) is 5.57 Å². The summed E-state index contributed by atoms with van der Waals surface area (Å²) in [6, 6.07) is 11.8. The van der Waals surface area contributed by atoms with E-state index >= 15 is 0 Å². The van der Waals surface area contributed by atoms with Crippen molar-refractivity contribution in [1.29, 1.82) is 0 Å². The minimum atomic E-state index is -2.53. The average Bonchev–Trinajstić information content (AvgIpc) is 2.76. The van der Waals surface area contributed by atoms with Crippen LogP contribution in [0.2, 0.25) is 5.02 Å². The molecule has 11 heteroatoms. The zero-order valence-electron chi connectivity index (χ0n) is 17.3. The summed E-state index contributed by atoms with van der Waals surface area (Å²) < 4.78 is 5.11. The van der Waals surface area contributed by atoms with Gasteiger partial charge in [-0.15, -0.1) is 0 Å². The van der Waals surface area contributed by atoms with Crippen LogP contribution in [0.3, 0.4) is 0 Å². The van der Waals surface area contributed by atoms with Gasteiger partial charge in [-0.1, -0.05) is 48.0 Å². The monoisotopic (exact) mass is 459 g/mol. The van der Waals surface area contributed by atoms with Gasteiger partial charge in [0.15, 0.2) is 0 Å². The summed E-state index contributed by atoms with van der Waals surface area (Å²) in [6.45, 7) is 3.13. The van der Waals surface area contributed by atoms with Crippen LogP contribution >= 0.6 is 11.6 Å². The first kappa shape index (κ1) is 24.6. The van der Waals surface area contributed by atoms with Crippen LogP contribution in [0.4, 0.5) is 10.5 Å². The standard InChI is InChI=1S/C21H22ClN5O5/c1-13(2)32-20(31)27(24)21(19(29)30,16(11-28)14-6-4-3-5-7-14)15-8-9-17(22)18(10-15)25-12-26-23/h3-10,12-13H,23-24H2,1-2H3,(H,25,26)(H,29,30)/t21-/m0/s1.